The van der Waals surface area contributed by atoms with Crippen LogP contribution in [-0.4, -0.2) is 65.3 Å². The number of aliphatic imine (C=N–C) groups is 2. The SMILES string of the molecule is C#C.C=CCSC(=NC(=C)/C=C\C)C(=O)[C@H](CCCN=C(N)N)NN.CCCC[C@@H](C=O)N(C)C(C)=O. The molecule has 7 N–H and O–H groups in total. The average molecular weight is 536 g/mol. The highest BCUT2D eigenvalue weighted by Gasteiger charge is 2.22. The number of nitrogens with two attached hydrogens (primary N) is 3. The number of amides is 1. The second kappa shape index (κ2) is 25.9. The molecule has 0 aromatic rings. The first-order valence-electron chi connectivity index (χ1n) is 11.8. The maximum absolute atomic E-state index is 12.6. The monoisotopic (exact) mass is 535 g/mol. The Morgan fingerprint density at radius 1 is 1.22 bits per heavy atom. The summed E-state index contributed by atoms with van der Waals surface area (Å²) in [7, 11) is 1.66. The number of likely N-dealkylation sites (N-methyl/N-ethyl adjacent to an activating group) is 1. The third-order valence-electron chi connectivity index (χ3n) is 4.62. The molecule has 0 aromatic carbocycles. The first kappa shape index (κ1) is 38.3. The number of hydrogen-bond donors (Lipinski definition) is 4. The summed E-state index contributed by atoms with van der Waals surface area (Å²) in [6, 6.07) is -0.791. The van der Waals surface area contributed by atoms with Gasteiger partial charge in [0, 0.05) is 26.3 Å². The van der Waals surface area contributed by atoms with Gasteiger partial charge in [-0.05, 0) is 32.3 Å². The molecule has 0 heterocycles. The van der Waals surface area contributed by atoms with Gasteiger partial charge in [0.15, 0.2) is 5.96 Å². The van der Waals surface area contributed by atoms with Crippen molar-refractivity contribution in [3.05, 3.63) is 37.1 Å². The number of guanidine groups is 1. The first-order valence-corrected chi connectivity index (χ1v) is 12.8. The molecule has 0 saturated heterocycles. The van der Waals surface area contributed by atoms with Gasteiger partial charge < -0.3 is 21.2 Å². The number of carbonyl (C=O) groups excluding carboxylic acids is 3. The van der Waals surface area contributed by atoms with Crippen molar-refractivity contribution in [3.8, 4) is 12.8 Å². The van der Waals surface area contributed by atoms with Gasteiger partial charge in [0.05, 0.1) is 17.8 Å². The maximum Gasteiger partial charge on any atom is 0.219 e. The number of nitrogens with zero attached hydrogens (tertiary/aromatic N) is 3. The van der Waals surface area contributed by atoms with Crippen LogP contribution in [0, 0.1) is 12.8 Å². The lowest BCUT2D eigenvalue weighted by Gasteiger charge is -2.21. The molecule has 0 aliphatic carbocycles. The van der Waals surface area contributed by atoms with Gasteiger partial charge in [-0.15, -0.1) is 19.4 Å². The highest BCUT2D eigenvalue weighted by Crippen LogP contribution is 2.13. The predicted molar refractivity (Wildman–Crippen MR) is 158 cm³/mol. The minimum Gasteiger partial charge on any atom is -0.370 e. The number of carbonyl (C=O) groups is 3. The Hall–Kier alpha value is -3.20. The number of Topliss-reactive ketones (excluding diaryl/α,β-unsaturated/α-hetero) is 1. The molecule has 0 aliphatic heterocycles. The van der Waals surface area contributed by atoms with E-state index in [9.17, 15) is 14.4 Å². The third-order valence-corrected chi connectivity index (χ3v) is 5.59. The van der Waals surface area contributed by atoms with Crippen LogP contribution < -0.4 is 22.7 Å². The summed E-state index contributed by atoms with van der Waals surface area (Å²) in [5.74, 6) is 5.85. The molecule has 0 radical (unpaired) electrons. The van der Waals surface area contributed by atoms with E-state index >= 15 is 0 Å². The molecule has 0 rings (SSSR count). The van der Waals surface area contributed by atoms with Crippen molar-refractivity contribution in [1.82, 2.24) is 10.3 Å². The number of ketones is 1. The van der Waals surface area contributed by atoms with Crippen molar-refractivity contribution >= 4 is 40.7 Å². The molecule has 11 heteroatoms. The molecule has 1 amide bonds. The van der Waals surface area contributed by atoms with E-state index < -0.39 is 6.04 Å². The largest absolute Gasteiger partial charge is 0.370 e. The molecule has 2 atom stereocenters. The van der Waals surface area contributed by atoms with Crippen molar-refractivity contribution in [2.24, 2.45) is 27.3 Å². The second-order valence-corrected chi connectivity index (χ2v) is 8.52. The summed E-state index contributed by atoms with van der Waals surface area (Å²) >= 11 is 1.30. The van der Waals surface area contributed by atoms with Crippen LogP contribution in [0.2, 0.25) is 0 Å². The van der Waals surface area contributed by atoms with Gasteiger partial charge in [-0.25, -0.2) is 10.4 Å². The Bertz CT molecular complexity index is 803. The number of aldehydes is 1. The molecule has 0 aliphatic rings. The lowest BCUT2D eigenvalue weighted by Crippen LogP contribution is -2.44. The molecule has 0 bridgehead atoms. The molecule has 37 heavy (non-hydrogen) atoms. The Balaban J connectivity index is -0.000000694. The van der Waals surface area contributed by atoms with Crippen LogP contribution in [0.15, 0.2) is 47.1 Å². The zero-order valence-electron chi connectivity index (χ0n) is 22.7. The molecule has 0 aromatic heterocycles. The average Bonchev–Trinajstić information content (AvgIpc) is 2.88. The zero-order valence-corrected chi connectivity index (χ0v) is 23.5. The minimum atomic E-state index is -0.557. The first-order chi connectivity index (χ1) is 17.6. The van der Waals surface area contributed by atoms with E-state index in [2.05, 4.69) is 48.3 Å². The smallest absolute Gasteiger partial charge is 0.219 e. The molecule has 208 valence electrons. The number of nitrogens with one attached hydrogen (secondary N) is 1. The number of hydrogen-bond acceptors (Lipinski definition) is 8. The topological polar surface area (TPSA) is 169 Å². The lowest BCUT2D eigenvalue weighted by atomic mass is 10.1. The Kier molecular flexibility index (Phi) is 26.8. The van der Waals surface area contributed by atoms with Gasteiger partial charge in [0.25, 0.3) is 0 Å². The van der Waals surface area contributed by atoms with Gasteiger partial charge >= 0.3 is 0 Å². The van der Waals surface area contributed by atoms with E-state index in [0.717, 1.165) is 25.5 Å². The fourth-order valence-electron chi connectivity index (χ4n) is 2.60. The van der Waals surface area contributed by atoms with E-state index in [1.165, 1.54) is 23.6 Å². The summed E-state index contributed by atoms with van der Waals surface area (Å²) in [4.78, 5) is 43.6. The van der Waals surface area contributed by atoms with Gasteiger partial charge in [-0.3, -0.25) is 20.4 Å². The standard InChI is InChI=1S/C15H26N6OS.C9H17NO2.C2H2/c1-4-7-11(3)20-14(23-10-5-2)13(22)12(21-18)8-6-9-19-15(16)17;1-4-5-6-9(7-11)10(3)8(2)12;1-2/h4-5,7,12,21H,2-3,6,8-10,18H2,1H3,(H4,16,17,19);7,9H,4-6H2,1-3H3;1-2H/b7-4-,20-14?;;/t12-;9-;/m00./s1. The fraction of sp³-hybridized carbons (Fsp3) is 0.500. The van der Waals surface area contributed by atoms with Gasteiger partial charge in [0.1, 0.15) is 11.3 Å². The normalized spacial score (nSPS) is 12.0. The lowest BCUT2D eigenvalue weighted by molar-refractivity contribution is -0.132. The number of hydrazine groups is 1. The summed E-state index contributed by atoms with van der Waals surface area (Å²) in [5.41, 5.74) is 13.5. The van der Waals surface area contributed by atoms with E-state index in [0.29, 0.717) is 35.9 Å². The third kappa shape index (κ3) is 20.7. The second-order valence-electron chi connectivity index (χ2n) is 7.52. The number of terminal acetylenes is 1. The number of rotatable bonds is 16. The van der Waals surface area contributed by atoms with Gasteiger partial charge in [-0.1, -0.05) is 50.3 Å². The number of thioether (sulfide) groups is 1. The number of allylic oxidation sites excluding steroid dienone is 2. The molecule has 0 fully saturated rings. The summed E-state index contributed by atoms with van der Waals surface area (Å²) in [6.45, 7) is 13.3. The van der Waals surface area contributed by atoms with Crippen molar-refractivity contribution < 1.29 is 14.4 Å². The van der Waals surface area contributed by atoms with E-state index in [1.54, 1.807) is 25.3 Å². The quantitative estimate of drug-likeness (QED) is 0.0268. The molecule has 0 spiro atoms. The van der Waals surface area contributed by atoms with E-state index in [4.69, 9.17) is 17.3 Å². The van der Waals surface area contributed by atoms with Crippen LogP contribution >= 0.6 is 11.8 Å². The van der Waals surface area contributed by atoms with Crippen LogP contribution in [0.1, 0.15) is 52.9 Å². The van der Waals surface area contributed by atoms with E-state index in [-0.39, 0.29) is 23.7 Å². The Morgan fingerprint density at radius 2 is 1.84 bits per heavy atom. The van der Waals surface area contributed by atoms with Crippen LogP contribution in [0.3, 0.4) is 0 Å². The molecule has 0 saturated carbocycles. The molecular weight excluding hydrogens is 490 g/mol. The van der Waals surface area contributed by atoms with Crippen molar-refractivity contribution in [3.63, 3.8) is 0 Å². The zero-order chi connectivity index (χ0) is 29.2. The Morgan fingerprint density at radius 3 is 2.27 bits per heavy atom. The van der Waals surface area contributed by atoms with Crippen LogP contribution in [0.4, 0.5) is 0 Å². The van der Waals surface area contributed by atoms with Crippen molar-refractivity contribution in [2.75, 3.05) is 19.3 Å². The molecule has 0 unspecified atom stereocenters. The van der Waals surface area contributed by atoms with Crippen molar-refractivity contribution in [2.45, 2.75) is 65.0 Å². The summed E-state index contributed by atoms with van der Waals surface area (Å²) < 4.78 is 0. The summed E-state index contributed by atoms with van der Waals surface area (Å²) in [6.07, 6.45) is 18.0. The highest BCUT2D eigenvalue weighted by molar-refractivity contribution is 8.15. The molecule has 10 nitrogen and oxygen atoms in total. The van der Waals surface area contributed by atoms with Gasteiger partial charge in [-0.2, -0.15) is 0 Å². The molecular formula is C26H45N7O3S. The fourth-order valence-corrected chi connectivity index (χ4v) is 3.34. The van der Waals surface area contributed by atoms with Gasteiger partial charge in [0.2, 0.25) is 11.7 Å². The van der Waals surface area contributed by atoms with Crippen LogP contribution in [0.5, 0.6) is 0 Å². The predicted octanol–water partition coefficient (Wildman–Crippen LogP) is 2.32. The Labute approximate surface area is 227 Å². The van der Waals surface area contributed by atoms with Crippen LogP contribution in [-0.2, 0) is 14.4 Å². The van der Waals surface area contributed by atoms with E-state index in [1.807, 2.05) is 6.92 Å². The number of unbranched alkanes of at least 4 members (excludes halogenated alkanes) is 1. The van der Waals surface area contributed by atoms with Crippen molar-refractivity contribution in [1.29, 1.82) is 0 Å². The maximum atomic E-state index is 12.6. The van der Waals surface area contributed by atoms with Crippen LogP contribution in [0.25, 0.3) is 0 Å². The minimum absolute atomic E-state index is 0.0278. The highest BCUT2D eigenvalue weighted by atomic mass is 32.2. The summed E-state index contributed by atoms with van der Waals surface area (Å²) in [5, 5.41) is 0.345.